The molecule has 2 saturated heterocycles. The van der Waals surface area contributed by atoms with E-state index in [1.807, 2.05) is 0 Å². The molecule has 2 aliphatic heterocycles. The van der Waals surface area contributed by atoms with Gasteiger partial charge in [-0.1, -0.05) is 52.4 Å². The van der Waals surface area contributed by atoms with Gasteiger partial charge in [0.15, 0.2) is 0 Å². The molecule has 0 aromatic heterocycles. The highest BCUT2D eigenvalue weighted by Gasteiger charge is 2.35. The number of hydrogen-bond donors (Lipinski definition) is 0. The van der Waals surface area contributed by atoms with E-state index in [0.29, 0.717) is 12.2 Å². The smallest absolute Gasteiger partial charge is 0.0705 e. The first-order chi connectivity index (χ1) is 10.3. The summed E-state index contributed by atoms with van der Waals surface area (Å²) in [4.78, 5) is 0. The van der Waals surface area contributed by atoms with Crippen LogP contribution >= 0.6 is 23.5 Å². The number of unbranched alkanes of at least 4 members (excludes halogenated alkanes) is 4. The third kappa shape index (κ3) is 5.99. The van der Waals surface area contributed by atoms with Crippen LogP contribution in [-0.2, 0) is 4.74 Å². The Kier molecular flexibility index (Phi) is 8.95. The van der Waals surface area contributed by atoms with Crippen LogP contribution in [0.2, 0.25) is 0 Å². The Morgan fingerprint density at radius 3 is 1.67 bits per heavy atom. The molecular weight excluding hydrogens is 296 g/mol. The molecule has 0 aromatic rings. The molecule has 4 atom stereocenters. The fourth-order valence-electron chi connectivity index (χ4n) is 3.52. The van der Waals surface area contributed by atoms with Gasteiger partial charge >= 0.3 is 0 Å². The molecule has 2 aliphatic rings. The predicted molar refractivity (Wildman–Crippen MR) is 98.7 cm³/mol. The maximum atomic E-state index is 6.62. The zero-order chi connectivity index (χ0) is 14.9. The van der Waals surface area contributed by atoms with E-state index in [0.717, 1.165) is 10.5 Å². The molecule has 0 amide bonds. The van der Waals surface area contributed by atoms with Gasteiger partial charge in [0.1, 0.15) is 0 Å². The van der Waals surface area contributed by atoms with Crippen molar-refractivity contribution in [3.05, 3.63) is 0 Å². The number of thioether (sulfide) groups is 2. The molecule has 0 bridgehead atoms. The largest absolute Gasteiger partial charge is 0.373 e. The van der Waals surface area contributed by atoms with Gasteiger partial charge in [0, 0.05) is 10.5 Å². The van der Waals surface area contributed by atoms with Crippen LogP contribution in [0.15, 0.2) is 0 Å². The van der Waals surface area contributed by atoms with Gasteiger partial charge in [0.05, 0.1) is 12.2 Å². The van der Waals surface area contributed by atoms with Crippen LogP contribution in [0.4, 0.5) is 0 Å². The van der Waals surface area contributed by atoms with Gasteiger partial charge in [-0.3, -0.25) is 0 Å². The van der Waals surface area contributed by atoms with Crippen LogP contribution < -0.4 is 0 Å². The third-order valence-corrected chi connectivity index (χ3v) is 7.71. The normalized spacial score (nSPS) is 32.9. The first-order valence-electron chi connectivity index (χ1n) is 9.23. The van der Waals surface area contributed by atoms with Gasteiger partial charge in [-0.15, -0.1) is 0 Å². The summed E-state index contributed by atoms with van der Waals surface area (Å²) in [6.07, 6.45) is 14.7. The Bertz CT molecular complexity index is 246. The number of rotatable bonds is 10. The molecule has 3 heteroatoms. The lowest BCUT2D eigenvalue weighted by Gasteiger charge is -2.26. The van der Waals surface area contributed by atoms with Crippen molar-refractivity contribution in [2.45, 2.75) is 101 Å². The zero-order valence-corrected chi connectivity index (χ0v) is 15.7. The monoisotopic (exact) mass is 330 g/mol. The highest BCUT2D eigenvalue weighted by atomic mass is 32.2. The van der Waals surface area contributed by atoms with Gasteiger partial charge in [0.25, 0.3) is 0 Å². The lowest BCUT2D eigenvalue weighted by Crippen LogP contribution is -2.31. The van der Waals surface area contributed by atoms with E-state index in [4.69, 9.17) is 4.74 Å². The summed E-state index contributed by atoms with van der Waals surface area (Å²) < 4.78 is 6.62. The molecular formula is C18H34OS2. The molecule has 2 fully saturated rings. The summed E-state index contributed by atoms with van der Waals surface area (Å²) in [7, 11) is 0. The molecule has 0 aromatic carbocycles. The number of hydrogen-bond acceptors (Lipinski definition) is 3. The van der Waals surface area contributed by atoms with Crippen molar-refractivity contribution >= 4 is 23.5 Å². The Morgan fingerprint density at radius 2 is 1.24 bits per heavy atom. The average Bonchev–Trinajstić information content (AvgIpc) is 3.10. The van der Waals surface area contributed by atoms with Crippen LogP contribution in [0.25, 0.3) is 0 Å². The molecule has 1 nitrogen and oxygen atoms in total. The Morgan fingerprint density at radius 1 is 0.762 bits per heavy atom. The Balaban J connectivity index is 1.73. The molecule has 2 rings (SSSR count). The average molecular weight is 331 g/mol. The quantitative estimate of drug-likeness (QED) is 0.461. The first-order valence-corrected chi connectivity index (χ1v) is 11.3. The summed E-state index contributed by atoms with van der Waals surface area (Å²) in [6, 6.07) is 0. The molecule has 0 radical (unpaired) electrons. The molecule has 124 valence electrons. The van der Waals surface area contributed by atoms with Crippen molar-refractivity contribution in [3.63, 3.8) is 0 Å². The van der Waals surface area contributed by atoms with Gasteiger partial charge < -0.3 is 4.74 Å². The molecule has 0 saturated carbocycles. The molecule has 0 aliphatic carbocycles. The summed E-state index contributed by atoms with van der Waals surface area (Å²) in [5.41, 5.74) is 0. The maximum absolute atomic E-state index is 6.62. The van der Waals surface area contributed by atoms with Crippen LogP contribution in [0.5, 0.6) is 0 Å². The third-order valence-electron chi connectivity index (χ3n) is 4.83. The van der Waals surface area contributed by atoms with Gasteiger partial charge in [-0.25, -0.2) is 0 Å². The minimum absolute atomic E-state index is 0.559. The van der Waals surface area contributed by atoms with E-state index in [9.17, 15) is 0 Å². The fourth-order valence-corrected chi connectivity index (χ4v) is 6.36. The summed E-state index contributed by atoms with van der Waals surface area (Å²) in [6.45, 7) is 4.60. The predicted octanol–water partition coefficient (Wildman–Crippen LogP) is 5.91. The molecule has 0 N–H and O–H groups in total. The zero-order valence-electron chi connectivity index (χ0n) is 14.0. The van der Waals surface area contributed by atoms with Crippen LogP contribution in [0.3, 0.4) is 0 Å². The standard InChI is InChI=1S/C18H34OS2/c1-3-5-7-9-17-15(11-13-20-17)19-16-12-14-21-18(16)10-8-6-4-2/h15-18H,3-14H2,1-2H3. The van der Waals surface area contributed by atoms with Crippen molar-refractivity contribution in [2.75, 3.05) is 11.5 Å². The van der Waals surface area contributed by atoms with E-state index in [1.165, 1.54) is 75.7 Å². The minimum Gasteiger partial charge on any atom is -0.373 e. The van der Waals surface area contributed by atoms with Crippen LogP contribution in [0, 0.1) is 0 Å². The van der Waals surface area contributed by atoms with Crippen molar-refractivity contribution in [1.82, 2.24) is 0 Å². The van der Waals surface area contributed by atoms with E-state index in [2.05, 4.69) is 37.4 Å². The maximum Gasteiger partial charge on any atom is 0.0705 e. The molecule has 0 spiro atoms. The van der Waals surface area contributed by atoms with E-state index >= 15 is 0 Å². The molecule has 4 unspecified atom stereocenters. The lowest BCUT2D eigenvalue weighted by molar-refractivity contribution is -0.0112. The fraction of sp³-hybridized carbons (Fsp3) is 1.00. The molecule has 2 heterocycles. The van der Waals surface area contributed by atoms with Crippen molar-refractivity contribution < 1.29 is 4.74 Å². The molecule has 21 heavy (non-hydrogen) atoms. The summed E-state index contributed by atoms with van der Waals surface area (Å²) >= 11 is 4.35. The SMILES string of the molecule is CCCCCC1SCCC1OC1CCSC1CCCCC. The van der Waals surface area contributed by atoms with Gasteiger partial charge in [-0.05, 0) is 37.2 Å². The Labute approximate surface area is 140 Å². The first kappa shape index (κ1) is 18.0. The second kappa shape index (κ2) is 10.4. The lowest BCUT2D eigenvalue weighted by atomic mass is 10.0. The van der Waals surface area contributed by atoms with E-state index in [-0.39, 0.29) is 0 Å². The van der Waals surface area contributed by atoms with Gasteiger partial charge in [-0.2, -0.15) is 23.5 Å². The second-order valence-electron chi connectivity index (χ2n) is 6.60. The van der Waals surface area contributed by atoms with Crippen molar-refractivity contribution in [3.8, 4) is 0 Å². The Hall–Kier alpha value is 0.660. The van der Waals surface area contributed by atoms with Crippen molar-refractivity contribution in [2.24, 2.45) is 0 Å². The van der Waals surface area contributed by atoms with E-state index < -0.39 is 0 Å². The topological polar surface area (TPSA) is 9.23 Å². The minimum atomic E-state index is 0.559. The van der Waals surface area contributed by atoms with E-state index in [1.54, 1.807) is 0 Å². The highest BCUT2D eigenvalue weighted by molar-refractivity contribution is 8.00. The summed E-state index contributed by atoms with van der Waals surface area (Å²) in [5.74, 6) is 2.64. The summed E-state index contributed by atoms with van der Waals surface area (Å²) in [5, 5.41) is 1.58. The van der Waals surface area contributed by atoms with Crippen LogP contribution in [0.1, 0.15) is 78.1 Å². The second-order valence-corrected chi connectivity index (χ2v) is 9.29. The highest BCUT2D eigenvalue weighted by Crippen LogP contribution is 2.38. The van der Waals surface area contributed by atoms with Crippen molar-refractivity contribution in [1.29, 1.82) is 0 Å². The van der Waals surface area contributed by atoms with Gasteiger partial charge in [0.2, 0.25) is 0 Å². The number of ether oxygens (including phenoxy) is 1. The van der Waals surface area contributed by atoms with Crippen LogP contribution in [-0.4, -0.2) is 34.2 Å².